The average Bonchev–Trinajstić information content (AvgIpc) is 2.59. The first kappa shape index (κ1) is 18.8. The maximum atomic E-state index is 12.9. The Morgan fingerprint density at radius 1 is 1.17 bits per heavy atom. The van der Waals surface area contributed by atoms with Crippen molar-refractivity contribution in [2.75, 3.05) is 34.0 Å². The van der Waals surface area contributed by atoms with Crippen LogP contribution in [0.4, 0.5) is 0 Å². The third-order valence-electron chi connectivity index (χ3n) is 4.82. The Morgan fingerprint density at radius 2 is 1.75 bits per heavy atom. The molecule has 24 heavy (non-hydrogen) atoms. The number of fused-ring (bicyclic) bond motifs is 1. The third kappa shape index (κ3) is 3.45. The van der Waals surface area contributed by atoms with Crippen molar-refractivity contribution in [2.45, 2.75) is 31.3 Å². The molecule has 1 aromatic rings. The van der Waals surface area contributed by atoms with Gasteiger partial charge in [0, 0.05) is 26.3 Å². The van der Waals surface area contributed by atoms with Crippen molar-refractivity contribution in [3.63, 3.8) is 0 Å². The fourth-order valence-corrected chi connectivity index (χ4v) is 3.32. The molecule has 1 aromatic carbocycles. The number of ether oxygens (including phenoxy) is 3. The second kappa shape index (κ2) is 7.59. The van der Waals surface area contributed by atoms with Gasteiger partial charge in [0.25, 0.3) is 0 Å². The van der Waals surface area contributed by atoms with E-state index >= 15 is 0 Å². The van der Waals surface area contributed by atoms with Crippen molar-refractivity contribution in [3.05, 3.63) is 23.3 Å². The number of halogens is 1. The zero-order chi connectivity index (χ0) is 16.4. The van der Waals surface area contributed by atoms with Gasteiger partial charge in [0.2, 0.25) is 5.91 Å². The van der Waals surface area contributed by atoms with Crippen LogP contribution < -0.4 is 15.2 Å². The molecule has 1 amide bonds. The molecule has 0 radical (unpaired) electrons. The maximum Gasteiger partial charge on any atom is 0.243 e. The summed E-state index contributed by atoms with van der Waals surface area (Å²) in [5, 5.41) is 0. The number of hydrogen-bond donors (Lipinski definition) is 1. The smallest absolute Gasteiger partial charge is 0.243 e. The van der Waals surface area contributed by atoms with Crippen molar-refractivity contribution < 1.29 is 19.0 Å². The van der Waals surface area contributed by atoms with E-state index in [9.17, 15) is 4.79 Å². The number of benzene rings is 1. The zero-order valence-electron chi connectivity index (χ0n) is 14.2. The molecule has 0 aromatic heterocycles. The lowest BCUT2D eigenvalue weighted by Gasteiger charge is -2.38. The predicted molar refractivity (Wildman–Crippen MR) is 92.9 cm³/mol. The first-order valence-electron chi connectivity index (χ1n) is 7.97. The van der Waals surface area contributed by atoms with E-state index in [0.717, 1.165) is 17.7 Å². The molecule has 0 spiro atoms. The molecule has 0 unspecified atom stereocenters. The molecule has 2 N–H and O–H groups in total. The van der Waals surface area contributed by atoms with E-state index in [1.165, 1.54) is 5.56 Å². The summed E-state index contributed by atoms with van der Waals surface area (Å²) in [5.74, 6) is 1.45. The molecule has 134 valence electrons. The van der Waals surface area contributed by atoms with Crippen molar-refractivity contribution in [3.8, 4) is 11.5 Å². The van der Waals surface area contributed by atoms with E-state index in [-0.39, 0.29) is 18.3 Å². The second-order valence-corrected chi connectivity index (χ2v) is 6.22. The molecule has 3 rings (SSSR count). The Bertz CT molecular complexity index is 602. The van der Waals surface area contributed by atoms with Crippen molar-refractivity contribution in [1.29, 1.82) is 0 Å². The molecule has 0 bridgehead atoms. The standard InChI is InChI=1S/C17H24N2O4.ClH/c1-21-14-9-12-3-6-19(11-13(12)10-15(14)22-2)16(20)17(18)4-7-23-8-5-17;/h9-10H,3-8,11,18H2,1-2H3;1H. The molecule has 7 heteroatoms. The average molecular weight is 357 g/mol. The molecule has 1 saturated heterocycles. The Kier molecular flexibility index (Phi) is 5.96. The van der Waals surface area contributed by atoms with Gasteiger partial charge in [-0.1, -0.05) is 0 Å². The first-order chi connectivity index (χ1) is 11.1. The number of rotatable bonds is 3. The summed E-state index contributed by atoms with van der Waals surface area (Å²) in [7, 11) is 3.25. The predicted octanol–water partition coefficient (Wildman–Crippen LogP) is 1.52. The molecule has 0 saturated carbocycles. The lowest BCUT2D eigenvalue weighted by molar-refractivity contribution is -0.141. The number of nitrogens with two attached hydrogens (primary N) is 1. The van der Waals surface area contributed by atoms with Gasteiger partial charge in [-0.25, -0.2) is 0 Å². The van der Waals surface area contributed by atoms with Gasteiger partial charge in [0.05, 0.1) is 19.8 Å². The molecule has 6 nitrogen and oxygen atoms in total. The highest BCUT2D eigenvalue weighted by molar-refractivity contribution is 5.86. The lowest BCUT2D eigenvalue weighted by atomic mass is 9.88. The summed E-state index contributed by atoms with van der Waals surface area (Å²) in [4.78, 5) is 14.7. The van der Waals surface area contributed by atoms with Gasteiger partial charge in [-0.3, -0.25) is 4.79 Å². The highest BCUT2D eigenvalue weighted by Gasteiger charge is 2.39. The molecule has 2 aliphatic heterocycles. The zero-order valence-corrected chi connectivity index (χ0v) is 15.0. The minimum Gasteiger partial charge on any atom is -0.493 e. The number of carbonyl (C=O) groups excluding carboxylic acids is 1. The first-order valence-corrected chi connectivity index (χ1v) is 7.97. The Balaban J connectivity index is 0.00000208. The Hall–Kier alpha value is -1.50. The molecular formula is C17H25ClN2O4. The highest BCUT2D eigenvalue weighted by Crippen LogP contribution is 2.34. The third-order valence-corrected chi connectivity index (χ3v) is 4.82. The monoisotopic (exact) mass is 356 g/mol. The number of nitrogens with zero attached hydrogens (tertiary/aromatic N) is 1. The van der Waals surface area contributed by atoms with Crippen molar-refractivity contribution in [2.24, 2.45) is 5.73 Å². The number of amides is 1. The fourth-order valence-electron chi connectivity index (χ4n) is 3.32. The quantitative estimate of drug-likeness (QED) is 0.888. The molecule has 1 fully saturated rings. The molecule has 0 atom stereocenters. The summed E-state index contributed by atoms with van der Waals surface area (Å²) in [6, 6.07) is 3.96. The molecule has 2 aliphatic rings. The summed E-state index contributed by atoms with van der Waals surface area (Å²) in [6.07, 6.45) is 1.97. The van der Waals surface area contributed by atoms with E-state index in [2.05, 4.69) is 0 Å². The number of methoxy groups -OCH3 is 2. The van der Waals surface area contributed by atoms with Crippen LogP contribution in [0.5, 0.6) is 11.5 Å². The van der Waals surface area contributed by atoms with Crippen molar-refractivity contribution >= 4 is 18.3 Å². The van der Waals surface area contributed by atoms with Gasteiger partial charge in [0.15, 0.2) is 11.5 Å². The van der Waals surface area contributed by atoms with Gasteiger partial charge in [-0.05, 0) is 42.5 Å². The molecule has 0 aliphatic carbocycles. The maximum absolute atomic E-state index is 12.9. The summed E-state index contributed by atoms with van der Waals surface area (Å²) >= 11 is 0. The van der Waals surface area contributed by atoms with Crippen LogP contribution in [0.15, 0.2) is 12.1 Å². The lowest BCUT2D eigenvalue weighted by Crippen LogP contribution is -2.58. The molecule has 2 heterocycles. The second-order valence-electron chi connectivity index (χ2n) is 6.22. The van der Waals surface area contributed by atoms with E-state index < -0.39 is 5.54 Å². The van der Waals surface area contributed by atoms with E-state index in [0.29, 0.717) is 44.9 Å². The normalized spacial score (nSPS) is 19.0. The number of hydrogen-bond acceptors (Lipinski definition) is 5. The Morgan fingerprint density at radius 3 is 2.33 bits per heavy atom. The van der Waals surface area contributed by atoms with Gasteiger partial charge in [-0.15, -0.1) is 12.4 Å². The van der Waals surface area contributed by atoms with E-state index in [4.69, 9.17) is 19.9 Å². The van der Waals surface area contributed by atoms with Gasteiger partial charge in [-0.2, -0.15) is 0 Å². The van der Waals surface area contributed by atoms with Crippen molar-refractivity contribution in [1.82, 2.24) is 4.90 Å². The number of carbonyl (C=O) groups is 1. The summed E-state index contributed by atoms with van der Waals surface area (Å²) in [6.45, 7) is 2.35. The van der Waals surface area contributed by atoms with Crippen LogP contribution in [0, 0.1) is 0 Å². The Labute approximate surface area is 148 Å². The van der Waals surface area contributed by atoms with Crippen LogP contribution in [0.2, 0.25) is 0 Å². The van der Waals surface area contributed by atoms with Crippen LogP contribution in [-0.4, -0.2) is 50.3 Å². The summed E-state index contributed by atoms with van der Waals surface area (Å²) in [5.41, 5.74) is 7.85. The fraction of sp³-hybridized carbons (Fsp3) is 0.588. The SMILES string of the molecule is COc1cc2c(cc1OC)CN(C(=O)C1(N)CCOCC1)CC2.Cl. The minimum absolute atomic E-state index is 0. The van der Waals surface area contributed by atoms with Crippen LogP contribution in [0.25, 0.3) is 0 Å². The van der Waals surface area contributed by atoms with Gasteiger partial charge in [0.1, 0.15) is 0 Å². The van der Waals surface area contributed by atoms with Gasteiger partial charge < -0.3 is 24.8 Å². The van der Waals surface area contributed by atoms with Gasteiger partial charge >= 0.3 is 0 Å². The topological polar surface area (TPSA) is 74.0 Å². The van der Waals surface area contributed by atoms with Crippen LogP contribution in [-0.2, 0) is 22.5 Å². The van der Waals surface area contributed by atoms with Crippen LogP contribution >= 0.6 is 12.4 Å². The summed E-state index contributed by atoms with van der Waals surface area (Å²) < 4.78 is 16.0. The highest BCUT2D eigenvalue weighted by atomic mass is 35.5. The largest absolute Gasteiger partial charge is 0.493 e. The van der Waals surface area contributed by atoms with E-state index in [1.807, 2.05) is 17.0 Å². The van der Waals surface area contributed by atoms with E-state index in [1.54, 1.807) is 14.2 Å². The minimum atomic E-state index is -0.785. The van der Waals surface area contributed by atoms with Crippen LogP contribution in [0.3, 0.4) is 0 Å². The van der Waals surface area contributed by atoms with Crippen LogP contribution in [0.1, 0.15) is 24.0 Å². The molecular weight excluding hydrogens is 332 g/mol.